The smallest absolute Gasteiger partial charge is 0.338 e. The van der Waals surface area contributed by atoms with E-state index in [1.54, 1.807) is 19.9 Å². The number of carbonyl (C=O) groups excluding carboxylic acids is 1. The van der Waals surface area contributed by atoms with Gasteiger partial charge in [0.2, 0.25) is 0 Å². The summed E-state index contributed by atoms with van der Waals surface area (Å²) in [7, 11) is 0. The largest absolute Gasteiger partial charge is 0.481 e. The first kappa shape index (κ1) is 33.0. The molecule has 244 valence electrons. The van der Waals surface area contributed by atoms with Crippen LogP contribution < -0.4 is 5.32 Å². The van der Waals surface area contributed by atoms with Crippen LogP contribution in [-0.4, -0.2) is 99.9 Å². The number of fused-ring (bicyclic) bond motifs is 1. The molecular weight excluding hydrogens is 615 g/mol. The third-order valence-corrected chi connectivity index (χ3v) is 9.51. The minimum atomic E-state index is -3.31. The minimum Gasteiger partial charge on any atom is -0.481 e. The number of hydrogen-bond acceptors (Lipinski definition) is 11. The number of aliphatic carboxylic acids is 1. The number of ether oxygens (including phenoxy) is 1. The number of aliphatic hydroxyl groups is 1. The van der Waals surface area contributed by atoms with Gasteiger partial charge in [-0.05, 0) is 51.8 Å². The predicted octanol–water partition coefficient (Wildman–Crippen LogP) is 3.21. The standard InChI is InChI=1S/C30H36F3N5O6S/c1-6-43-27(40)22-19(35-25(26-34-15(2)13-45-26)36-23(22)17-8-7-9-18(31)16(17)3)10-37-14-30(32,33)24-20(37)12-44-38(24)11-21(39)29(4,5)28(41)42/h7-9,13,20-21,23-24,39H,6,10-12,14H2,1-5H3,(H,35,36)(H,41,42)/t20-,21+,23+,24+/m1/s1. The number of nitrogens with zero attached hydrogens (tertiary/aromatic N) is 4. The molecule has 0 radical (unpaired) electrons. The first-order chi connectivity index (χ1) is 21.1. The summed E-state index contributed by atoms with van der Waals surface area (Å²) >= 11 is 1.31. The molecule has 4 atom stereocenters. The topological polar surface area (TPSA) is 137 Å². The van der Waals surface area contributed by atoms with Crippen LogP contribution in [-0.2, 0) is 19.2 Å². The van der Waals surface area contributed by atoms with Gasteiger partial charge < -0.3 is 20.3 Å². The number of rotatable bonds is 10. The van der Waals surface area contributed by atoms with E-state index >= 15 is 8.78 Å². The van der Waals surface area contributed by atoms with Crippen molar-refractivity contribution >= 4 is 29.1 Å². The minimum absolute atomic E-state index is 0.0387. The maximum Gasteiger partial charge on any atom is 0.338 e. The van der Waals surface area contributed by atoms with Crippen molar-refractivity contribution < 1.29 is 42.5 Å². The lowest BCUT2D eigenvalue weighted by molar-refractivity contribution is -0.202. The van der Waals surface area contributed by atoms with Crippen molar-refractivity contribution in [1.82, 2.24) is 20.3 Å². The van der Waals surface area contributed by atoms with Gasteiger partial charge in [0.15, 0.2) is 10.8 Å². The lowest BCUT2D eigenvalue weighted by Gasteiger charge is -2.32. The summed E-state index contributed by atoms with van der Waals surface area (Å²) in [4.78, 5) is 41.5. The summed E-state index contributed by atoms with van der Waals surface area (Å²) < 4.78 is 51.5. The Kier molecular flexibility index (Phi) is 9.12. The lowest BCUT2D eigenvalue weighted by Crippen LogP contribution is -2.51. The summed E-state index contributed by atoms with van der Waals surface area (Å²) in [5.74, 6) is -5.50. The highest BCUT2D eigenvalue weighted by molar-refractivity contribution is 7.11. The third-order valence-electron chi connectivity index (χ3n) is 8.55. The number of benzene rings is 1. The van der Waals surface area contributed by atoms with Crippen LogP contribution in [0, 0.1) is 25.1 Å². The van der Waals surface area contributed by atoms with Gasteiger partial charge in [0, 0.05) is 23.3 Å². The summed E-state index contributed by atoms with van der Waals surface area (Å²) in [6.45, 7) is 6.22. The number of aryl methyl sites for hydroxylation is 1. The Morgan fingerprint density at radius 3 is 2.69 bits per heavy atom. The van der Waals surface area contributed by atoms with Crippen molar-refractivity contribution in [3.05, 3.63) is 62.5 Å². The molecular formula is C30H36F3N5O6S. The maximum absolute atomic E-state index is 15.7. The maximum atomic E-state index is 15.7. The van der Waals surface area contributed by atoms with Crippen LogP contribution in [0.25, 0.3) is 0 Å². The first-order valence-electron chi connectivity index (χ1n) is 14.5. The van der Waals surface area contributed by atoms with Gasteiger partial charge in [0.05, 0.1) is 49.4 Å². The quantitative estimate of drug-likeness (QED) is 0.329. The molecule has 15 heteroatoms. The van der Waals surface area contributed by atoms with Gasteiger partial charge in [-0.3, -0.25) is 19.5 Å². The van der Waals surface area contributed by atoms with Crippen molar-refractivity contribution in [2.45, 2.75) is 64.8 Å². The van der Waals surface area contributed by atoms with Crippen molar-refractivity contribution in [3.8, 4) is 0 Å². The average molecular weight is 652 g/mol. The zero-order valence-electron chi connectivity index (χ0n) is 25.5. The fourth-order valence-corrected chi connectivity index (χ4v) is 6.53. The normalized spacial score (nSPS) is 24.3. The molecule has 3 aliphatic heterocycles. The number of hydroxylamine groups is 2. The molecule has 3 N–H and O–H groups in total. The van der Waals surface area contributed by atoms with Crippen molar-refractivity contribution in [2.24, 2.45) is 10.4 Å². The number of thiazole rings is 1. The van der Waals surface area contributed by atoms with Crippen molar-refractivity contribution in [2.75, 3.05) is 32.8 Å². The van der Waals surface area contributed by atoms with E-state index in [0.717, 1.165) is 10.8 Å². The molecule has 0 amide bonds. The Balaban J connectivity index is 1.53. The Bertz CT molecular complexity index is 1550. The summed E-state index contributed by atoms with van der Waals surface area (Å²) in [5, 5.41) is 26.6. The highest BCUT2D eigenvalue weighted by atomic mass is 32.1. The van der Waals surface area contributed by atoms with Gasteiger partial charge in [0.25, 0.3) is 5.92 Å². The van der Waals surface area contributed by atoms with Crippen LogP contribution in [0.1, 0.15) is 48.6 Å². The van der Waals surface area contributed by atoms with E-state index in [1.165, 1.54) is 42.2 Å². The van der Waals surface area contributed by atoms with Gasteiger partial charge in [-0.1, -0.05) is 12.1 Å². The predicted molar refractivity (Wildman–Crippen MR) is 158 cm³/mol. The van der Waals surface area contributed by atoms with Crippen LogP contribution in [0.5, 0.6) is 0 Å². The molecule has 45 heavy (non-hydrogen) atoms. The monoisotopic (exact) mass is 651 g/mol. The molecule has 0 unspecified atom stereocenters. The molecule has 0 aliphatic carbocycles. The molecule has 0 bridgehead atoms. The SMILES string of the molecule is CCOC(=O)C1=C(CN2CC(F)(F)[C@@H]3[C@H]2CON3C[C@H](O)C(C)(C)C(=O)O)NC(c2nc(C)cs2)=N[C@H]1c1cccc(F)c1C. The number of amidine groups is 1. The van der Waals surface area contributed by atoms with Crippen LogP contribution in [0.2, 0.25) is 0 Å². The van der Waals surface area contributed by atoms with E-state index in [-0.39, 0.29) is 36.6 Å². The number of aromatic nitrogens is 1. The number of β-amino-alcohol motifs (C(OH)–C–C–N with tert-alkyl or cyclic N) is 1. The molecule has 1 aromatic heterocycles. The number of aliphatic hydroxyl groups excluding tert-OH is 1. The number of carboxylic acid groups (broad SMARTS) is 1. The van der Waals surface area contributed by atoms with Gasteiger partial charge in [-0.25, -0.2) is 22.9 Å². The Morgan fingerprint density at radius 1 is 1.31 bits per heavy atom. The van der Waals surface area contributed by atoms with Crippen LogP contribution in [0.3, 0.4) is 0 Å². The molecule has 2 aromatic rings. The second-order valence-corrected chi connectivity index (χ2v) is 12.8. The third kappa shape index (κ3) is 6.23. The molecule has 2 fully saturated rings. The van der Waals surface area contributed by atoms with E-state index in [9.17, 15) is 24.2 Å². The second-order valence-electron chi connectivity index (χ2n) is 12.0. The molecule has 2 saturated heterocycles. The molecule has 0 spiro atoms. The van der Waals surface area contributed by atoms with E-state index in [1.807, 2.05) is 12.3 Å². The van der Waals surface area contributed by atoms with Crippen LogP contribution in [0.4, 0.5) is 13.2 Å². The number of alkyl halides is 2. The molecule has 5 rings (SSSR count). The number of nitrogens with one attached hydrogen (secondary N) is 1. The second kappa shape index (κ2) is 12.4. The molecule has 4 heterocycles. The van der Waals surface area contributed by atoms with E-state index in [4.69, 9.17) is 14.6 Å². The van der Waals surface area contributed by atoms with E-state index < -0.39 is 66.4 Å². The summed E-state index contributed by atoms with van der Waals surface area (Å²) in [6, 6.07) is 1.11. The fraction of sp³-hybridized carbons (Fsp3) is 0.533. The van der Waals surface area contributed by atoms with Crippen LogP contribution >= 0.6 is 11.3 Å². The van der Waals surface area contributed by atoms with E-state index in [2.05, 4.69) is 10.3 Å². The zero-order chi connectivity index (χ0) is 32.8. The average Bonchev–Trinajstić information content (AvgIpc) is 3.66. The number of carboxylic acids is 1. The summed E-state index contributed by atoms with van der Waals surface area (Å²) in [6.07, 6.45) is -1.49. The van der Waals surface area contributed by atoms with Crippen molar-refractivity contribution in [1.29, 1.82) is 0 Å². The fourth-order valence-electron chi connectivity index (χ4n) is 5.78. The molecule has 0 saturated carbocycles. The molecule has 3 aliphatic rings. The van der Waals surface area contributed by atoms with Crippen LogP contribution in [0.15, 0.2) is 39.8 Å². The number of aliphatic imine (C=N–C) groups is 1. The highest BCUT2D eigenvalue weighted by Gasteiger charge is 2.61. The number of likely N-dealkylation sites (tertiary alicyclic amines) is 1. The van der Waals surface area contributed by atoms with Gasteiger partial charge in [0.1, 0.15) is 17.9 Å². The van der Waals surface area contributed by atoms with Gasteiger partial charge in [-0.2, -0.15) is 5.06 Å². The zero-order valence-corrected chi connectivity index (χ0v) is 26.3. The first-order valence-corrected chi connectivity index (χ1v) is 15.4. The number of esters is 1. The van der Waals surface area contributed by atoms with Gasteiger partial charge >= 0.3 is 11.9 Å². The summed E-state index contributed by atoms with van der Waals surface area (Å²) in [5.41, 5.74) is 0.134. The lowest BCUT2D eigenvalue weighted by atomic mass is 9.86. The number of carbonyl (C=O) groups is 2. The highest BCUT2D eigenvalue weighted by Crippen LogP contribution is 2.42. The van der Waals surface area contributed by atoms with Crippen molar-refractivity contribution in [3.63, 3.8) is 0 Å². The van der Waals surface area contributed by atoms with Gasteiger partial charge in [-0.15, -0.1) is 11.3 Å². The van der Waals surface area contributed by atoms with E-state index in [0.29, 0.717) is 16.4 Å². The number of hydrogen-bond donors (Lipinski definition) is 3. The number of halogens is 3. The molecule has 11 nitrogen and oxygen atoms in total. The molecule has 1 aromatic carbocycles. The Labute approximate surface area is 262 Å². The Hall–Kier alpha value is -3.37. The Morgan fingerprint density at radius 2 is 2.04 bits per heavy atom.